The van der Waals surface area contributed by atoms with E-state index in [9.17, 15) is 19.3 Å². The summed E-state index contributed by atoms with van der Waals surface area (Å²) in [4.78, 5) is 36.6. The Hall–Kier alpha value is -2.53. The van der Waals surface area contributed by atoms with Crippen LogP contribution in [0.4, 0.5) is 10.7 Å². The van der Waals surface area contributed by atoms with Gasteiger partial charge in [-0.05, 0) is 13.8 Å². The monoisotopic (exact) mass is 604 g/mol. The first-order valence-corrected chi connectivity index (χ1v) is 14.8. The molecule has 0 radical (unpaired) electrons. The third-order valence-corrected chi connectivity index (χ3v) is 8.91. The van der Waals surface area contributed by atoms with Crippen LogP contribution in [0.1, 0.15) is 33.9 Å². The van der Waals surface area contributed by atoms with E-state index in [0.717, 1.165) is 11.8 Å². The Morgan fingerprint density at radius 1 is 1.40 bits per heavy atom. The minimum atomic E-state index is -4.10. The van der Waals surface area contributed by atoms with Gasteiger partial charge in [0.2, 0.25) is 11.8 Å². The summed E-state index contributed by atoms with van der Waals surface area (Å²) in [5, 5.41) is 13.8. The standard InChI is InChI=1S/C22H33N6O10PS/c1-6-34-20(30)24-10-21(2,3)18(29)40-8-7-35-39(32)36-9-12-14(38-39)22(4,31)17(37-12)28-11-25-13-15(28)26-19(23)27-16(13)33-5/h11-12,14,17,31H,6-10H2,1-5H3,(H,24,30)(H2,23,26,27)/t12-,14-,17-,22-,39-/m1/s1. The minimum absolute atomic E-state index is 0.0614. The lowest BCUT2D eigenvalue weighted by atomic mass is 9.96. The maximum absolute atomic E-state index is 13.2. The van der Waals surface area contributed by atoms with Gasteiger partial charge in [-0.15, -0.1) is 0 Å². The van der Waals surface area contributed by atoms with Gasteiger partial charge in [0, 0.05) is 12.3 Å². The molecule has 0 bridgehead atoms. The second-order valence-electron chi connectivity index (χ2n) is 9.86. The van der Waals surface area contributed by atoms with Gasteiger partial charge in [-0.2, -0.15) is 9.97 Å². The predicted molar refractivity (Wildman–Crippen MR) is 141 cm³/mol. The molecule has 2 aromatic rings. The van der Waals surface area contributed by atoms with Crippen molar-refractivity contribution >= 4 is 47.9 Å². The maximum Gasteiger partial charge on any atom is 0.475 e. The number of alkyl carbamates (subject to hydrolysis) is 1. The van der Waals surface area contributed by atoms with E-state index < -0.39 is 43.4 Å². The number of aromatic nitrogens is 4. The van der Waals surface area contributed by atoms with Crippen molar-refractivity contribution in [3.05, 3.63) is 6.33 Å². The van der Waals surface area contributed by atoms with E-state index in [1.807, 2.05) is 0 Å². The molecule has 40 heavy (non-hydrogen) atoms. The molecule has 1 amide bonds. The Morgan fingerprint density at radius 3 is 2.85 bits per heavy atom. The Balaban J connectivity index is 1.35. The Labute approximate surface area is 234 Å². The number of nitrogens with one attached hydrogen (secondary N) is 1. The fourth-order valence-electron chi connectivity index (χ4n) is 4.19. The number of aliphatic hydroxyl groups is 1. The summed E-state index contributed by atoms with van der Waals surface area (Å²) in [6, 6.07) is 0. The fraction of sp³-hybridized carbons (Fsp3) is 0.682. The zero-order valence-electron chi connectivity index (χ0n) is 22.7. The van der Waals surface area contributed by atoms with Crippen molar-refractivity contribution in [3.63, 3.8) is 0 Å². The lowest BCUT2D eigenvalue weighted by molar-refractivity contribution is -0.117. The van der Waals surface area contributed by atoms with Crippen molar-refractivity contribution in [1.29, 1.82) is 0 Å². The maximum atomic E-state index is 13.2. The molecule has 222 valence electrons. The molecule has 4 heterocycles. The van der Waals surface area contributed by atoms with Crippen molar-refractivity contribution in [2.45, 2.75) is 51.7 Å². The number of carbonyl (C=O) groups is 2. The normalized spacial score (nSPS) is 28.3. The van der Waals surface area contributed by atoms with Gasteiger partial charge in [0.1, 0.15) is 17.8 Å². The van der Waals surface area contributed by atoms with Gasteiger partial charge >= 0.3 is 13.9 Å². The van der Waals surface area contributed by atoms with E-state index in [1.165, 1.54) is 24.9 Å². The van der Waals surface area contributed by atoms with Crippen LogP contribution in [0.15, 0.2) is 6.33 Å². The van der Waals surface area contributed by atoms with Crippen LogP contribution in [0.25, 0.3) is 11.2 Å². The molecule has 4 N–H and O–H groups in total. The van der Waals surface area contributed by atoms with E-state index in [-0.39, 0.29) is 54.7 Å². The molecule has 2 aliphatic heterocycles. The number of nitrogens with zero attached hydrogens (tertiary/aromatic N) is 4. The van der Waals surface area contributed by atoms with Crippen LogP contribution < -0.4 is 15.8 Å². The van der Waals surface area contributed by atoms with E-state index in [2.05, 4.69) is 20.3 Å². The molecule has 0 saturated carbocycles. The fourth-order valence-corrected chi connectivity index (χ4v) is 6.60. The average molecular weight is 605 g/mol. The van der Waals surface area contributed by atoms with E-state index in [1.54, 1.807) is 20.8 Å². The number of phosphoric ester groups is 1. The highest BCUT2D eigenvalue weighted by Crippen LogP contribution is 2.58. The van der Waals surface area contributed by atoms with Crippen LogP contribution >= 0.6 is 19.6 Å². The first-order valence-electron chi connectivity index (χ1n) is 12.4. The van der Waals surface area contributed by atoms with Gasteiger partial charge < -0.3 is 30.4 Å². The number of nitrogen functional groups attached to an aromatic ring is 1. The van der Waals surface area contributed by atoms with Gasteiger partial charge in [-0.25, -0.2) is 14.3 Å². The van der Waals surface area contributed by atoms with Gasteiger partial charge in [0.15, 0.2) is 22.5 Å². The third kappa shape index (κ3) is 6.20. The highest BCUT2D eigenvalue weighted by Gasteiger charge is 2.60. The van der Waals surface area contributed by atoms with Crippen LogP contribution in [0, 0.1) is 5.41 Å². The van der Waals surface area contributed by atoms with Crippen LogP contribution in [-0.2, 0) is 32.4 Å². The number of fused-ring (bicyclic) bond motifs is 2. The molecule has 16 nitrogen and oxygen atoms in total. The summed E-state index contributed by atoms with van der Waals surface area (Å²) >= 11 is 0.954. The van der Waals surface area contributed by atoms with Crippen molar-refractivity contribution in [2.24, 2.45) is 5.41 Å². The lowest BCUT2D eigenvalue weighted by Gasteiger charge is -2.35. The Bertz CT molecular complexity index is 1310. The zero-order chi connectivity index (χ0) is 29.3. The summed E-state index contributed by atoms with van der Waals surface area (Å²) < 4.78 is 47.1. The molecule has 0 aromatic carbocycles. The molecule has 18 heteroatoms. The average Bonchev–Trinajstić information content (AvgIpc) is 3.42. The van der Waals surface area contributed by atoms with Crippen LogP contribution in [0.2, 0.25) is 0 Å². The summed E-state index contributed by atoms with van der Waals surface area (Å²) in [7, 11) is -2.68. The number of methoxy groups -OCH3 is 1. The largest absolute Gasteiger partial charge is 0.479 e. The van der Waals surface area contributed by atoms with Crippen LogP contribution in [-0.4, -0.2) is 92.9 Å². The number of nitrogens with two attached hydrogens (primary N) is 1. The lowest BCUT2D eigenvalue weighted by Crippen LogP contribution is -2.47. The van der Waals surface area contributed by atoms with Gasteiger partial charge in [-0.3, -0.25) is 22.9 Å². The number of ether oxygens (including phenoxy) is 3. The summed E-state index contributed by atoms with van der Waals surface area (Å²) in [6.07, 6.45) is -2.13. The Kier molecular flexibility index (Phi) is 8.94. The topological polar surface area (TPSA) is 208 Å². The summed E-state index contributed by atoms with van der Waals surface area (Å²) in [5.41, 5.74) is 3.78. The van der Waals surface area contributed by atoms with Gasteiger partial charge in [0.05, 0.1) is 38.7 Å². The third-order valence-electron chi connectivity index (χ3n) is 6.28. The van der Waals surface area contributed by atoms with Crippen molar-refractivity contribution < 1.29 is 47.0 Å². The number of thioether (sulfide) groups is 1. The molecule has 0 unspecified atom stereocenters. The van der Waals surface area contributed by atoms with Gasteiger partial charge in [0.25, 0.3) is 0 Å². The van der Waals surface area contributed by atoms with E-state index >= 15 is 0 Å². The molecule has 0 aliphatic carbocycles. The zero-order valence-corrected chi connectivity index (χ0v) is 24.4. The van der Waals surface area contributed by atoms with E-state index in [4.69, 9.17) is 33.5 Å². The molecule has 0 spiro atoms. The Morgan fingerprint density at radius 2 is 2.15 bits per heavy atom. The number of amides is 1. The molecule has 2 fully saturated rings. The van der Waals surface area contributed by atoms with E-state index in [0.29, 0.717) is 5.52 Å². The first kappa shape index (κ1) is 30.4. The number of phosphoric acid groups is 1. The smallest absolute Gasteiger partial charge is 0.475 e. The van der Waals surface area contributed by atoms with Gasteiger partial charge in [-0.1, -0.05) is 25.6 Å². The number of hydrogen-bond donors (Lipinski definition) is 3. The number of imidazole rings is 1. The second kappa shape index (κ2) is 11.8. The quantitative estimate of drug-likeness (QED) is 0.260. The predicted octanol–water partition coefficient (Wildman–Crippen LogP) is 1.64. The highest BCUT2D eigenvalue weighted by molar-refractivity contribution is 8.13. The molecule has 2 saturated heterocycles. The number of carbonyl (C=O) groups excluding carboxylic acids is 2. The number of hydrogen-bond acceptors (Lipinski definition) is 15. The summed E-state index contributed by atoms with van der Waals surface area (Å²) in [5.74, 6) is 0.240. The SMILES string of the molecule is CCOC(=O)NCC(C)(C)C(=O)SCCO[P@]1(=O)OC[C@H]2O[C@@H](n3cnc4c(OC)nc(N)nc43)[C@](C)(O)[C@@H]2O1. The molecular weight excluding hydrogens is 571 g/mol. The van der Waals surface area contributed by atoms with Crippen molar-refractivity contribution in [1.82, 2.24) is 24.8 Å². The molecule has 4 rings (SSSR count). The second-order valence-corrected chi connectivity index (χ2v) is 12.6. The van der Waals surface area contributed by atoms with Crippen LogP contribution in [0.3, 0.4) is 0 Å². The summed E-state index contributed by atoms with van der Waals surface area (Å²) in [6.45, 7) is 6.50. The first-order chi connectivity index (χ1) is 18.8. The molecule has 2 aliphatic rings. The molecule has 2 aromatic heterocycles. The molecular formula is C22H33N6O10PS. The highest BCUT2D eigenvalue weighted by atomic mass is 32.2. The number of rotatable bonds is 10. The number of anilines is 1. The minimum Gasteiger partial charge on any atom is -0.479 e. The van der Waals surface area contributed by atoms with Crippen molar-refractivity contribution in [3.8, 4) is 5.88 Å². The van der Waals surface area contributed by atoms with Crippen molar-refractivity contribution in [2.75, 3.05) is 45.0 Å². The molecule has 5 atom stereocenters. The van der Waals surface area contributed by atoms with Crippen LogP contribution in [0.5, 0.6) is 5.88 Å².